The van der Waals surface area contributed by atoms with Crippen LogP contribution in [0.3, 0.4) is 0 Å². The number of hydrogen-bond acceptors (Lipinski definition) is 2. The summed E-state index contributed by atoms with van der Waals surface area (Å²) in [6, 6.07) is 32.5. The van der Waals surface area contributed by atoms with Crippen molar-refractivity contribution in [2.75, 3.05) is 9.80 Å². The van der Waals surface area contributed by atoms with Crippen LogP contribution < -0.4 is 26.2 Å². The average Bonchev–Trinajstić information content (AvgIpc) is 3.14. The predicted octanol–water partition coefficient (Wildman–Crippen LogP) is 13.7. The van der Waals surface area contributed by atoms with E-state index in [1.165, 1.54) is 121 Å². The van der Waals surface area contributed by atoms with E-state index in [0.717, 1.165) is 0 Å². The highest BCUT2D eigenvalue weighted by atomic mass is 15.2. The molecule has 0 spiro atoms. The van der Waals surface area contributed by atoms with Gasteiger partial charge in [-0.25, -0.2) is 0 Å². The van der Waals surface area contributed by atoms with Gasteiger partial charge in [-0.05, 0) is 175 Å². The summed E-state index contributed by atoms with van der Waals surface area (Å²) in [5.41, 5.74) is 24.0. The van der Waals surface area contributed by atoms with Gasteiger partial charge in [0.2, 0.25) is 0 Å². The number of hydrogen-bond donors (Lipinski definition) is 0. The third-order valence-electron chi connectivity index (χ3n) is 15.5. The molecule has 0 saturated carbocycles. The molecule has 5 aromatic carbocycles. The lowest BCUT2D eigenvalue weighted by Gasteiger charge is -2.48. The number of benzene rings is 5. The predicted molar refractivity (Wildman–Crippen MR) is 258 cm³/mol. The Morgan fingerprint density at radius 1 is 0.441 bits per heavy atom. The van der Waals surface area contributed by atoms with Crippen LogP contribution in [0, 0.1) is 13.8 Å². The van der Waals surface area contributed by atoms with Gasteiger partial charge in [0.05, 0.1) is 0 Å². The van der Waals surface area contributed by atoms with E-state index in [1.807, 2.05) is 0 Å². The molecule has 2 aliphatic heterocycles. The molecule has 9 rings (SSSR count). The molecule has 5 aromatic rings. The Morgan fingerprint density at radius 3 is 1.53 bits per heavy atom. The molecule has 2 heterocycles. The topological polar surface area (TPSA) is 6.48 Å². The van der Waals surface area contributed by atoms with Crippen LogP contribution in [0.15, 0.2) is 78.9 Å². The first-order chi connectivity index (χ1) is 27.3. The zero-order valence-electron chi connectivity index (χ0n) is 39.3. The maximum absolute atomic E-state index is 2.70. The van der Waals surface area contributed by atoms with Gasteiger partial charge >= 0.3 is 0 Å². The fourth-order valence-electron chi connectivity index (χ4n) is 11.2. The molecule has 0 radical (unpaired) electrons. The Hall–Kier alpha value is -4.24. The molecule has 0 aromatic heterocycles. The summed E-state index contributed by atoms with van der Waals surface area (Å²) in [5, 5.41) is 0. The van der Waals surface area contributed by atoms with E-state index in [0.29, 0.717) is 0 Å². The van der Waals surface area contributed by atoms with Gasteiger partial charge in [0.15, 0.2) is 0 Å². The summed E-state index contributed by atoms with van der Waals surface area (Å²) < 4.78 is 0. The number of nitrogens with zero attached hydrogens (tertiary/aromatic N) is 2. The minimum absolute atomic E-state index is 0.00736. The van der Waals surface area contributed by atoms with E-state index in [-0.39, 0.29) is 39.2 Å². The lowest BCUT2D eigenvalue weighted by atomic mass is 9.33. The second-order valence-electron chi connectivity index (χ2n) is 23.8. The van der Waals surface area contributed by atoms with Crippen molar-refractivity contribution in [3.05, 3.63) is 123 Å². The van der Waals surface area contributed by atoms with Gasteiger partial charge in [-0.3, -0.25) is 0 Å². The van der Waals surface area contributed by atoms with E-state index >= 15 is 0 Å². The molecule has 2 nitrogen and oxygen atoms in total. The van der Waals surface area contributed by atoms with E-state index in [9.17, 15) is 0 Å². The van der Waals surface area contributed by atoms with Crippen molar-refractivity contribution in [3.8, 4) is 0 Å². The fourth-order valence-corrected chi connectivity index (χ4v) is 11.2. The molecular formula is C56H69BN2. The Morgan fingerprint density at radius 2 is 0.932 bits per heavy atom. The van der Waals surface area contributed by atoms with Crippen LogP contribution in [-0.2, 0) is 32.5 Å². The second-order valence-corrected chi connectivity index (χ2v) is 23.8. The smallest absolute Gasteiger partial charge is 0.252 e. The second kappa shape index (κ2) is 12.7. The molecule has 0 saturated heterocycles. The summed E-state index contributed by atoms with van der Waals surface area (Å²) in [6.45, 7) is 38.6. The molecule has 2 aliphatic carbocycles. The minimum Gasteiger partial charge on any atom is -0.311 e. The first-order valence-electron chi connectivity index (χ1n) is 22.6. The van der Waals surface area contributed by atoms with Crippen LogP contribution in [0.1, 0.15) is 167 Å². The molecule has 0 unspecified atom stereocenters. The third kappa shape index (κ3) is 6.17. The molecule has 0 bridgehead atoms. The summed E-state index contributed by atoms with van der Waals surface area (Å²) in [4.78, 5) is 5.34. The van der Waals surface area contributed by atoms with E-state index in [1.54, 1.807) is 0 Å². The van der Waals surface area contributed by atoms with Crippen molar-refractivity contribution in [3.63, 3.8) is 0 Å². The molecule has 3 heteroatoms. The molecule has 0 amide bonds. The van der Waals surface area contributed by atoms with Gasteiger partial charge in [-0.15, -0.1) is 0 Å². The van der Waals surface area contributed by atoms with Crippen LogP contribution in [0.5, 0.6) is 0 Å². The van der Waals surface area contributed by atoms with Crippen LogP contribution in [-0.4, -0.2) is 6.71 Å². The summed E-state index contributed by atoms with van der Waals surface area (Å²) in [6.07, 6.45) is 4.79. The maximum Gasteiger partial charge on any atom is 0.252 e. The first-order valence-corrected chi connectivity index (χ1v) is 22.6. The van der Waals surface area contributed by atoms with E-state index < -0.39 is 0 Å². The van der Waals surface area contributed by atoms with Crippen molar-refractivity contribution in [1.82, 2.24) is 0 Å². The number of rotatable bonds is 2. The monoisotopic (exact) mass is 781 g/mol. The summed E-state index contributed by atoms with van der Waals surface area (Å²) >= 11 is 0. The van der Waals surface area contributed by atoms with Crippen LogP contribution >= 0.6 is 0 Å². The molecule has 0 N–H and O–H groups in total. The number of aryl methyl sites for hydroxylation is 2. The lowest BCUT2D eigenvalue weighted by Crippen LogP contribution is -2.62. The van der Waals surface area contributed by atoms with E-state index in [4.69, 9.17) is 0 Å². The Balaban J connectivity index is 1.42. The summed E-state index contributed by atoms with van der Waals surface area (Å²) in [7, 11) is 0. The van der Waals surface area contributed by atoms with Crippen LogP contribution in [0.4, 0.5) is 34.1 Å². The van der Waals surface area contributed by atoms with Gasteiger partial charge in [0, 0.05) is 34.1 Å². The van der Waals surface area contributed by atoms with Gasteiger partial charge in [-0.2, -0.15) is 0 Å². The average molecular weight is 781 g/mol. The molecule has 0 fully saturated rings. The van der Waals surface area contributed by atoms with Gasteiger partial charge in [0.1, 0.15) is 0 Å². The van der Waals surface area contributed by atoms with Crippen LogP contribution in [0.25, 0.3) is 0 Å². The highest BCUT2D eigenvalue weighted by Gasteiger charge is 2.47. The van der Waals surface area contributed by atoms with E-state index in [2.05, 4.69) is 199 Å². The number of fused-ring (bicyclic) bond motifs is 6. The Bertz CT molecular complexity index is 2570. The normalized spacial score (nSPS) is 19.4. The van der Waals surface area contributed by atoms with Gasteiger partial charge in [-0.1, -0.05) is 133 Å². The minimum atomic E-state index is 0.00736. The van der Waals surface area contributed by atoms with Crippen molar-refractivity contribution in [2.24, 2.45) is 0 Å². The Kier molecular flexibility index (Phi) is 8.62. The zero-order valence-corrected chi connectivity index (χ0v) is 39.3. The standard InChI is InChI=1S/C56H69BN2/c1-34-27-48-50-49(28-34)59(46-30-37(52(6,7)8)18-17-35(46)2)45-22-19-36(51(3,4)5)29-43(45)57(50)44-32-41-42(56(15,16)26-25-55(41,13)14)33-47(44)58(48)38-20-21-39-40(31-38)54(11,12)24-23-53(39,9)10/h17-22,27-33H,23-26H2,1-16H3. The summed E-state index contributed by atoms with van der Waals surface area (Å²) in [5.74, 6) is 0. The third-order valence-corrected chi connectivity index (χ3v) is 15.5. The molecular weight excluding hydrogens is 711 g/mol. The molecule has 306 valence electrons. The molecule has 0 atom stereocenters. The van der Waals surface area contributed by atoms with Crippen molar-refractivity contribution in [1.29, 1.82) is 0 Å². The highest BCUT2D eigenvalue weighted by molar-refractivity contribution is 7.00. The molecule has 4 aliphatic rings. The van der Waals surface area contributed by atoms with Gasteiger partial charge in [0.25, 0.3) is 6.71 Å². The van der Waals surface area contributed by atoms with Crippen molar-refractivity contribution < 1.29 is 0 Å². The Labute approximate surface area is 357 Å². The zero-order chi connectivity index (χ0) is 42.6. The first kappa shape index (κ1) is 40.2. The lowest BCUT2D eigenvalue weighted by molar-refractivity contribution is 0.332. The fraction of sp³-hybridized carbons (Fsp3) is 0.464. The quantitative estimate of drug-likeness (QED) is 0.161. The maximum atomic E-state index is 2.70. The van der Waals surface area contributed by atoms with Crippen molar-refractivity contribution >= 4 is 57.2 Å². The number of anilines is 6. The van der Waals surface area contributed by atoms with Crippen molar-refractivity contribution in [2.45, 2.75) is 169 Å². The molecule has 59 heavy (non-hydrogen) atoms. The van der Waals surface area contributed by atoms with Crippen LogP contribution in [0.2, 0.25) is 0 Å². The van der Waals surface area contributed by atoms with Gasteiger partial charge < -0.3 is 9.80 Å². The largest absolute Gasteiger partial charge is 0.311 e. The SMILES string of the molecule is Cc1cc2c3c(c1)N(c1cc(C(C)(C)C)ccc1C)c1ccc(C(C)(C)C)cc1B3c1cc3c(cc1N2c1ccc2c(c1)C(C)(C)CCC2(C)C)C(C)(C)CCC3(C)C. The highest BCUT2D eigenvalue weighted by Crippen LogP contribution is 2.53.